The minimum atomic E-state index is 0.444. The van der Waals surface area contributed by atoms with Crippen LogP contribution in [0.1, 0.15) is 76.4 Å². The number of carbonyl (C=O) groups is 1. The number of aromatic amines is 1. The summed E-state index contributed by atoms with van der Waals surface area (Å²) in [4.78, 5) is 13.4. The quantitative estimate of drug-likeness (QED) is 0.137. The highest BCUT2D eigenvalue weighted by Crippen LogP contribution is 2.55. The number of hydrogen-bond acceptors (Lipinski definition) is 7. The average Bonchev–Trinajstić information content (AvgIpc) is 3.61. The number of nitrogens with zero attached hydrogens (tertiary/aromatic N) is 3. The van der Waals surface area contributed by atoms with Gasteiger partial charge in [0.15, 0.2) is 6.29 Å². The van der Waals surface area contributed by atoms with Gasteiger partial charge in [0.25, 0.3) is 0 Å². The Hall–Kier alpha value is -3.46. The molecule has 0 radical (unpaired) electrons. The number of rotatable bonds is 7. The van der Waals surface area contributed by atoms with Crippen LogP contribution in [0.15, 0.2) is 74.0 Å². The second kappa shape index (κ2) is 19.6. The predicted octanol–water partition coefficient (Wildman–Crippen LogP) is 6.17. The summed E-state index contributed by atoms with van der Waals surface area (Å²) in [5.41, 5.74) is 14.7. The third-order valence-corrected chi connectivity index (χ3v) is 7.76. The summed E-state index contributed by atoms with van der Waals surface area (Å²) in [5.74, 6) is 5.66. The number of carbonyl (C=O) groups excluding carboxylic acids is 1. The zero-order chi connectivity index (χ0) is 31.6. The first kappa shape index (κ1) is 37.5. The number of nitrogens with one attached hydrogen (secondary N) is 1. The monoisotopic (exact) mass is 565 g/mol. The van der Waals surface area contributed by atoms with Gasteiger partial charge in [-0.1, -0.05) is 69.0 Å². The van der Waals surface area contributed by atoms with E-state index in [2.05, 4.69) is 61.5 Å². The van der Waals surface area contributed by atoms with Crippen LogP contribution in [-0.4, -0.2) is 59.1 Å². The predicted molar refractivity (Wildman–Crippen MR) is 178 cm³/mol. The molecule has 1 aliphatic carbocycles. The average molecular weight is 566 g/mol. The molecule has 3 atom stereocenters. The molecule has 2 fully saturated rings. The normalized spacial score (nSPS) is 20.8. The Morgan fingerprint density at radius 1 is 1.29 bits per heavy atom. The lowest BCUT2D eigenvalue weighted by atomic mass is 9.66. The molecule has 3 unspecified atom stereocenters. The van der Waals surface area contributed by atoms with Crippen molar-refractivity contribution >= 4 is 22.9 Å². The van der Waals surface area contributed by atoms with Crippen LogP contribution >= 0.6 is 0 Å². The Balaban J connectivity index is 0.000000590. The zero-order valence-electron chi connectivity index (χ0n) is 26.5. The van der Waals surface area contributed by atoms with Gasteiger partial charge in [0, 0.05) is 35.6 Å². The lowest BCUT2D eigenvalue weighted by Crippen LogP contribution is -2.65. The van der Waals surface area contributed by atoms with E-state index in [-0.39, 0.29) is 0 Å². The zero-order valence-corrected chi connectivity index (χ0v) is 26.5. The summed E-state index contributed by atoms with van der Waals surface area (Å²) < 4.78 is 0. The molecular formula is C33H55N7O. The van der Waals surface area contributed by atoms with Crippen molar-refractivity contribution in [3.8, 4) is 0 Å². The maximum atomic E-state index is 10.8. The van der Waals surface area contributed by atoms with Gasteiger partial charge in [-0.3, -0.25) is 14.8 Å². The van der Waals surface area contributed by atoms with Gasteiger partial charge >= 0.3 is 0 Å². The molecule has 1 aromatic carbocycles. The Morgan fingerprint density at radius 3 is 2.37 bits per heavy atom. The van der Waals surface area contributed by atoms with Gasteiger partial charge < -0.3 is 16.5 Å². The van der Waals surface area contributed by atoms with Gasteiger partial charge in [0.05, 0.1) is 11.2 Å². The summed E-state index contributed by atoms with van der Waals surface area (Å²) in [6.07, 6.45) is 15.5. The van der Waals surface area contributed by atoms with Crippen LogP contribution in [0.4, 0.5) is 0 Å². The van der Waals surface area contributed by atoms with E-state index in [1.54, 1.807) is 18.4 Å². The molecule has 41 heavy (non-hydrogen) atoms. The molecule has 8 heteroatoms. The van der Waals surface area contributed by atoms with Crippen molar-refractivity contribution in [2.75, 3.05) is 20.6 Å². The molecule has 1 saturated carbocycles. The van der Waals surface area contributed by atoms with Gasteiger partial charge in [-0.25, -0.2) is 5.84 Å². The first-order chi connectivity index (χ1) is 19.6. The standard InChI is InChI=1S/C12H15N5O.C10H19N.2C5H8.CH5N/c1-2-17(14)6-10(13)8-3-4-11-9(5-8)12(7-18)16-15-11;1-4-10-7-5-6-9(10)11(3)8(10)2;1-4-5(2)3;1-3-5-4-2;1-2/h3-7H,2,13-14H2,1H3,(H,15,16);8-9H,4-7H2,1-3H3;4H,1-2H2,3H3;3-5H,1H2,2H3;2H2,1H3/b10-6-;;;5-4-;. The number of hydrogen-bond donors (Lipinski definition) is 4. The van der Waals surface area contributed by atoms with Crippen LogP contribution in [0, 0.1) is 5.41 Å². The van der Waals surface area contributed by atoms with Crippen molar-refractivity contribution in [2.24, 2.45) is 22.7 Å². The van der Waals surface area contributed by atoms with Gasteiger partial charge in [0.1, 0.15) is 5.69 Å². The van der Waals surface area contributed by atoms with Crippen molar-refractivity contribution in [3.63, 3.8) is 0 Å². The molecular weight excluding hydrogens is 510 g/mol. The fourth-order valence-corrected chi connectivity index (χ4v) is 5.26. The maximum absolute atomic E-state index is 10.8. The fourth-order valence-electron chi connectivity index (χ4n) is 5.26. The first-order valence-electron chi connectivity index (χ1n) is 14.3. The number of benzene rings is 1. The molecule has 2 heterocycles. The summed E-state index contributed by atoms with van der Waals surface area (Å²) in [6, 6.07) is 7.25. The Labute approximate surface area is 248 Å². The largest absolute Gasteiger partial charge is 0.397 e. The summed E-state index contributed by atoms with van der Waals surface area (Å²) >= 11 is 0. The number of allylic oxidation sites excluding steroid dienone is 5. The number of H-pyrrole nitrogens is 1. The molecule has 2 aromatic rings. The van der Waals surface area contributed by atoms with Gasteiger partial charge in [-0.15, -0.1) is 0 Å². The number of likely N-dealkylation sites (tertiary alicyclic amines) is 1. The van der Waals surface area contributed by atoms with E-state index in [1.807, 2.05) is 51.1 Å². The van der Waals surface area contributed by atoms with Crippen LogP contribution < -0.4 is 17.3 Å². The van der Waals surface area contributed by atoms with E-state index in [9.17, 15) is 4.79 Å². The van der Waals surface area contributed by atoms with Crippen molar-refractivity contribution in [2.45, 2.75) is 72.4 Å². The van der Waals surface area contributed by atoms with Crippen LogP contribution in [-0.2, 0) is 0 Å². The van der Waals surface area contributed by atoms with Crippen LogP contribution in [0.2, 0.25) is 0 Å². The smallest absolute Gasteiger partial charge is 0.168 e. The molecule has 7 N–H and O–H groups in total. The molecule has 228 valence electrons. The molecule has 1 saturated heterocycles. The highest BCUT2D eigenvalue weighted by atomic mass is 16.1. The van der Waals surface area contributed by atoms with Crippen LogP contribution in [0.5, 0.6) is 0 Å². The van der Waals surface area contributed by atoms with Crippen molar-refractivity contribution in [1.29, 1.82) is 0 Å². The molecule has 0 amide bonds. The summed E-state index contributed by atoms with van der Waals surface area (Å²) in [6.45, 7) is 21.7. The van der Waals surface area contributed by atoms with Crippen LogP contribution in [0.25, 0.3) is 16.6 Å². The third kappa shape index (κ3) is 10.5. The Kier molecular flexibility index (Phi) is 17.9. The second-order valence-electron chi connectivity index (χ2n) is 10.1. The lowest BCUT2D eigenvalue weighted by Gasteiger charge is -2.59. The van der Waals surface area contributed by atoms with Crippen molar-refractivity contribution < 1.29 is 4.79 Å². The molecule has 2 aliphatic rings. The number of fused-ring (bicyclic) bond motifs is 2. The third-order valence-electron chi connectivity index (χ3n) is 7.76. The molecule has 0 spiro atoms. The van der Waals surface area contributed by atoms with E-state index < -0.39 is 0 Å². The van der Waals surface area contributed by atoms with Gasteiger partial charge in [-0.2, -0.15) is 5.10 Å². The molecule has 8 nitrogen and oxygen atoms in total. The molecule has 1 aromatic heterocycles. The summed E-state index contributed by atoms with van der Waals surface area (Å²) in [5, 5.41) is 8.93. The Bertz CT molecular complexity index is 1150. The lowest BCUT2D eigenvalue weighted by molar-refractivity contribution is -0.0956. The van der Waals surface area contributed by atoms with Crippen LogP contribution in [0.3, 0.4) is 0 Å². The van der Waals surface area contributed by atoms with E-state index >= 15 is 0 Å². The molecule has 4 rings (SSSR count). The van der Waals surface area contributed by atoms with Gasteiger partial charge in [-0.05, 0) is 78.7 Å². The number of hydrazine groups is 1. The maximum Gasteiger partial charge on any atom is 0.168 e. The molecule has 1 aliphatic heterocycles. The van der Waals surface area contributed by atoms with E-state index in [4.69, 9.17) is 11.6 Å². The van der Waals surface area contributed by atoms with E-state index in [0.29, 0.717) is 17.9 Å². The van der Waals surface area contributed by atoms with E-state index in [0.717, 1.165) is 45.8 Å². The van der Waals surface area contributed by atoms with Crippen molar-refractivity contribution in [3.05, 3.63) is 85.3 Å². The number of aromatic nitrogens is 2. The topological polar surface area (TPSA) is 130 Å². The number of nitrogens with two attached hydrogens (primary N) is 3. The SMILES string of the molecule is C=C/C=C\C.C=CC(=C)C.CCC12CCCC1N(C)C2C.CCN(N)/C=C(\N)c1ccc2n[nH]c(C=O)c2c1.CN. The minimum Gasteiger partial charge on any atom is -0.397 e. The van der Waals surface area contributed by atoms with Crippen molar-refractivity contribution in [1.82, 2.24) is 20.1 Å². The summed E-state index contributed by atoms with van der Waals surface area (Å²) in [7, 11) is 3.79. The molecule has 0 bridgehead atoms. The second-order valence-corrected chi connectivity index (χ2v) is 10.1. The highest BCUT2D eigenvalue weighted by Gasteiger charge is 2.57. The highest BCUT2D eigenvalue weighted by molar-refractivity contribution is 5.96. The first-order valence-corrected chi connectivity index (χ1v) is 14.3. The van der Waals surface area contributed by atoms with E-state index in [1.165, 1.54) is 37.7 Å². The minimum absolute atomic E-state index is 0.444. The number of aldehydes is 1. The fraction of sp³-hybridized carbons (Fsp3) is 0.455. The Morgan fingerprint density at radius 2 is 1.93 bits per heavy atom. The van der Waals surface area contributed by atoms with Gasteiger partial charge in [0.2, 0.25) is 0 Å².